The second-order valence-electron chi connectivity index (χ2n) is 6.29. The van der Waals surface area contributed by atoms with Crippen molar-refractivity contribution in [3.63, 3.8) is 0 Å². The number of thiazole rings is 1. The molecule has 1 aliphatic rings. The number of carbonyl (C=O) groups is 1. The van der Waals surface area contributed by atoms with E-state index >= 15 is 0 Å². The molecular weight excluding hydrogens is 348 g/mol. The minimum Gasteiger partial charge on any atom is -0.348 e. The van der Waals surface area contributed by atoms with Crippen LogP contribution in [0.4, 0.5) is 0 Å². The number of hydrogen-bond acceptors (Lipinski definition) is 5. The highest BCUT2D eigenvalue weighted by Gasteiger charge is 2.34. The van der Waals surface area contributed by atoms with Crippen LogP contribution in [0.15, 0.2) is 48.6 Å². The van der Waals surface area contributed by atoms with E-state index in [1.165, 1.54) is 0 Å². The van der Waals surface area contributed by atoms with Gasteiger partial charge in [0.2, 0.25) is 5.91 Å². The summed E-state index contributed by atoms with van der Waals surface area (Å²) in [5.41, 5.74) is 3.76. The number of pyridine rings is 1. The lowest BCUT2D eigenvalue weighted by atomic mass is 9.96. The Hall–Kier alpha value is -3.00. The molecule has 0 saturated heterocycles. The Bertz CT molecular complexity index is 1040. The summed E-state index contributed by atoms with van der Waals surface area (Å²) >= 11 is 1.56. The molecule has 4 aromatic heterocycles. The predicted molar refractivity (Wildman–Crippen MR) is 96.9 cm³/mol. The Morgan fingerprint density at radius 2 is 2.38 bits per heavy atom. The summed E-state index contributed by atoms with van der Waals surface area (Å²) in [5.74, 6) is 0.0539. The molecule has 1 atom stereocenters. The third-order valence-electron chi connectivity index (χ3n) is 4.72. The Balaban J connectivity index is 1.48. The second kappa shape index (κ2) is 6.06. The first-order chi connectivity index (χ1) is 12.8. The zero-order chi connectivity index (χ0) is 17.5. The predicted octanol–water partition coefficient (Wildman–Crippen LogP) is 2.23. The molecule has 1 N–H and O–H groups in total. The summed E-state index contributed by atoms with van der Waals surface area (Å²) < 4.78 is 1.95. The largest absolute Gasteiger partial charge is 0.348 e. The van der Waals surface area contributed by atoms with Gasteiger partial charge >= 0.3 is 0 Å². The lowest BCUT2D eigenvalue weighted by molar-refractivity contribution is -0.132. The molecule has 0 radical (unpaired) electrons. The molecule has 0 aliphatic carbocycles. The SMILES string of the molecule is O=C(Cc1cn2ccsc2n1)N1CCc2[nH]cnc2[C@@H]1c1cccnc1. The molecule has 8 heteroatoms. The first kappa shape index (κ1) is 15.3. The van der Waals surface area contributed by atoms with Crippen molar-refractivity contribution in [1.82, 2.24) is 29.2 Å². The number of nitrogens with zero attached hydrogens (tertiary/aromatic N) is 5. The van der Waals surface area contributed by atoms with Crippen LogP contribution in [0.5, 0.6) is 0 Å². The molecule has 26 heavy (non-hydrogen) atoms. The first-order valence-electron chi connectivity index (χ1n) is 8.42. The van der Waals surface area contributed by atoms with Crippen molar-refractivity contribution in [2.45, 2.75) is 18.9 Å². The zero-order valence-corrected chi connectivity index (χ0v) is 14.7. The van der Waals surface area contributed by atoms with Gasteiger partial charge in [-0.3, -0.25) is 14.2 Å². The van der Waals surface area contributed by atoms with Crippen LogP contribution < -0.4 is 0 Å². The number of carbonyl (C=O) groups excluding carboxylic acids is 1. The number of H-pyrrole nitrogens is 1. The van der Waals surface area contributed by atoms with E-state index < -0.39 is 0 Å². The third-order valence-corrected chi connectivity index (χ3v) is 5.49. The summed E-state index contributed by atoms with van der Waals surface area (Å²) in [7, 11) is 0. The van der Waals surface area contributed by atoms with Crippen LogP contribution in [0.1, 0.15) is 28.7 Å². The van der Waals surface area contributed by atoms with Crippen molar-refractivity contribution in [3.05, 3.63) is 71.3 Å². The van der Waals surface area contributed by atoms with Gasteiger partial charge in [-0.1, -0.05) is 6.07 Å². The number of aromatic nitrogens is 5. The number of amides is 1. The minimum atomic E-state index is -0.213. The lowest BCUT2D eigenvalue weighted by Crippen LogP contribution is -2.41. The van der Waals surface area contributed by atoms with Crippen LogP contribution in [0.3, 0.4) is 0 Å². The maximum absolute atomic E-state index is 13.1. The van der Waals surface area contributed by atoms with E-state index in [1.807, 2.05) is 39.2 Å². The van der Waals surface area contributed by atoms with Crippen LogP contribution in [-0.4, -0.2) is 41.7 Å². The fourth-order valence-corrected chi connectivity index (χ4v) is 4.26. The van der Waals surface area contributed by atoms with Gasteiger partial charge in [0.05, 0.1) is 24.1 Å². The lowest BCUT2D eigenvalue weighted by Gasteiger charge is -2.35. The summed E-state index contributed by atoms with van der Waals surface area (Å²) in [6.07, 6.45) is 10.2. The van der Waals surface area contributed by atoms with Crippen molar-refractivity contribution in [1.29, 1.82) is 0 Å². The van der Waals surface area contributed by atoms with Crippen LogP contribution in [0.25, 0.3) is 4.96 Å². The molecule has 1 amide bonds. The fraction of sp³-hybridized carbons (Fsp3) is 0.222. The Kier molecular flexibility index (Phi) is 3.56. The maximum Gasteiger partial charge on any atom is 0.229 e. The van der Waals surface area contributed by atoms with Crippen LogP contribution in [0.2, 0.25) is 0 Å². The number of hydrogen-bond donors (Lipinski definition) is 1. The number of rotatable bonds is 3. The Morgan fingerprint density at radius 1 is 1.42 bits per heavy atom. The maximum atomic E-state index is 13.1. The standard InChI is InChI=1S/C18H16N6OS/c25-15(8-13-10-23-6-7-26-18(23)22-13)24-5-3-14-16(21-11-20-14)17(24)12-2-1-4-19-9-12/h1-2,4,6-7,9-11,17H,3,5,8H2,(H,20,21)/t17-/m0/s1. The van der Waals surface area contributed by atoms with Gasteiger partial charge in [-0.25, -0.2) is 9.97 Å². The highest BCUT2D eigenvalue weighted by molar-refractivity contribution is 7.15. The highest BCUT2D eigenvalue weighted by Crippen LogP contribution is 2.33. The topological polar surface area (TPSA) is 79.2 Å². The molecule has 1 aliphatic heterocycles. The smallest absolute Gasteiger partial charge is 0.229 e. The fourth-order valence-electron chi connectivity index (χ4n) is 3.54. The molecule has 0 unspecified atom stereocenters. The molecule has 0 fully saturated rings. The molecule has 0 aromatic carbocycles. The van der Waals surface area contributed by atoms with Crippen LogP contribution >= 0.6 is 11.3 Å². The first-order valence-corrected chi connectivity index (χ1v) is 9.30. The van der Waals surface area contributed by atoms with E-state index in [0.717, 1.165) is 34.0 Å². The van der Waals surface area contributed by atoms with E-state index in [1.54, 1.807) is 30.1 Å². The van der Waals surface area contributed by atoms with E-state index in [-0.39, 0.29) is 18.4 Å². The van der Waals surface area contributed by atoms with Gasteiger partial charge in [0, 0.05) is 48.8 Å². The minimum absolute atomic E-state index is 0.0539. The van der Waals surface area contributed by atoms with Gasteiger partial charge < -0.3 is 9.88 Å². The quantitative estimate of drug-likeness (QED) is 0.605. The van der Waals surface area contributed by atoms with E-state index in [4.69, 9.17) is 0 Å². The molecule has 4 aromatic rings. The average Bonchev–Trinajstić information content (AvgIpc) is 3.37. The number of imidazole rings is 2. The van der Waals surface area contributed by atoms with Crippen molar-refractivity contribution >= 4 is 22.2 Å². The summed E-state index contributed by atoms with van der Waals surface area (Å²) in [5, 5.41) is 1.98. The van der Waals surface area contributed by atoms with Crippen molar-refractivity contribution in [2.75, 3.05) is 6.54 Å². The number of nitrogens with one attached hydrogen (secondary N) is 1. The Labute approximate surface area is 153 Å². The number of aromatic amines is 1. The molecule has 130 valence electrons. The van der Waals surface area contributed by atoms with E-state index in [9.17, 15) is 4.79 Å². The normalized spacial score (nSPS) is 16.8. The summed E-state index contributed by atoms with van der Waals surface area (Å²) in [6.45, 7) is 0.649. The van der Waals surface area contributed by atoms with E-state index in [2.05, 4.69) is 19.9 Å². The molecule has 0 spiro atoms. The monoisotopic (exact) mass is 364 g/mol. The summed E-state index contributed by atoms with van der Waals surface area (Å²) in [4.78, 5) is 32.4. The Morgan fingerprint density at radius 3 is 3.23 bits per heavy atom. The van der Waals surface area contributed by atoms with Gasteiger partial charge in [0.25, 0.3) is 0 Å². The summed E-state index contributed by atoms with van der Waals surface area (Å²) in [6, 6.07) is 3.67. The van der Waals surface area contributed by atoms with Crippen LogP contribution in [-0.2, 0) is 17.6 Å². The highest BCUT2D eigenvalue weighted by atomic mass is 32.1. The van der Waals surface area contributed by atoms with Crippen molar-refractivity contribution < 1.29 is 4.79 Å². The van der Waals surface area contributed by atoms with Crippen molar-refractivity contribution in [3.8, 4) is 0 Å². The molecule has 5 heterocycles. The van der Waals surface area contributed by atoms with Gasteiger partial charge in [-0.05, 0) is 11.6 Å². The molecule has 0 bridgehead atoms. The second-order valence-corrected chi connectivity index (χ2v) is 7.17. The molecule has 7 nitrogen and oxygen atoms in total. The van der Waals surface area contributed by atoms with Gasteiger partial charge in [-0.15, -0.1) is 11.3 Å². The van der Waals surface area contributed by atoms with Gasteiger partial charge in [-0.2, -0.15) is 0 Å². The van der Waals surface area contributed by atoms with Crippen molar-refractivity contribution in [2.24, 2.45) is 0 Å². The van der Waals surface area contributed by atoms with E-state index in [0.29, 0.717) is 6.54 Å². The molecular formula is C18H16N6OS. The average molecular weight is 364 g/mol. The van der Waals surface area contributed by atoms with Crippen LogP contribution in [0, 0.1) is 0 Å². The number of fused-ring (bicyclic) bond motifs is 2. The zero-order valence-electron chi connectivity index (χ0n) is 13.9. The molecule has 0 saturated carbocycles. The van der Waals surface area contributed by atoms with Gasteiger partial charge in [0.15, 0.2) is 4.96 Å². The van der Waals surface area contributed by atoms with Gasteiger partial charge in [0.1, 0.15) is 6.04 Å². The third kappa shape index (κ3) is 2.50. The molecule has 5 rings (SSSR count).